The number of amides is 2. The van der Waals surface area contributed by atoms with Crippen molar-refractivity contribution in [2.45, 2.75) is 51.0 Å². The van der Waals surface area contributed by atoms with Gasteiger partial charge in [-0.25, -0.2) is 4.98 Å². The number of nitrogens with one attached hydrogen (secondary N) is 1. The van der Waals surface area contributed by atoms with Crippen LogP contribution in [-0.4, -0.2) is 46.3 Å². The Hall–Kier alpha value is -2.76. The van der Waals surface area contributed by atoms with E-state index in [1.807, 2.05) is 12.1 Å². The van der Waals surface area contributed by atoms with Crippen LogP contribution in [0.2, 0.25) is 0 Å². The van der Waals surface area contributed by atoms with E-state index in [1.54, 1.807) is 42.5 Å². The third-order valence-corrected chi connectivity index (χ3v) is 5.22. The van der Waals surface area contributed by atoms with E-state index in [2.05, 4.69) is 15.3 Å². The zero-order chi connectivity index (χ0) is 19.8. The molecule has 28 heavy (non-hydrogen) atoms. The Kier molecular flexibility index (Phi) is 7.12. The second-order valence-electron chi connectivity index (χ2n) is 7.40. The van der Waals surface area contributed by atoms with Crippen LogP contribution in [0.3, 0.4) is 0 Å². The smallest absolute Gasteiger partial charge is 0.272 e. The predicted octanol–water partition coefficient (Wildman–Crippen LogP) is 3.24. The number of hydrogen-bond acceptors (Lipinski definition) is 4. The summed E-state index contributed by atoms with van der Waals surface area (Å²) in [4.78, 5) is 35.2. The minimum atomic E-state index is -0.194. The first-order chi connectivity index (χ1) is 13.6. The van der Waals surface area contributed by atoms with E-state index < -0.39 is 0 Å². The van der Waals surface area contributed by atoms with E-state index in [-0.39, 0.29) is 17.9 Å². The highest BCUT2D eigenvalue weighted by Crippen LogP contribution is 2.17. The van der Waals surface area contributed by atoms with Gasteiger partial charge in [-0.05, 0) is 49.1 Å². The summed E-state index contributed by atoms with van der Waals surface area (Å²) in [6.07, 6.45) is 11.0. The van der Waals surface area contributed by atoms with Gasteiger partial charge >= 0.3 is 0 Å². The van der Waals surface area contributed by atoms with Crippen molar-refractivity contribution in [3.05, 3.63) is 59.7 Å². The lowest BCUT2D eigenvalue weighted by Gasteiger charge is -2.18. The van der Waals surface area contributed by atoms with Gasteiger partial charge in [-0.3, -0.25) is 14.6 Å². The number of aromatic nitrogens is 2. The molecule has 3 rings (SSSR count). The van der Waals surface area contributed by atoms with Gasteiger partial charge in [-0.15, -0.1) is 0 Å². The highest BCUT2D eigenvalue weighted by molar-refractivity contribution is 5.96. The number of carbonyl (C=O) groups is 2. The summed E-state index contributed by atoms with van der Waals surface area (Å²) < 4.78 is 0. The van der Waals surface area contributed by atoms with Gasteiger partial charge in [0.2, 0.25) is 0 Å². The third kappa shape index (κ3) is 5.62. The van der Waals surface area contributed by atoms with Gasteiger partial charge in [-0.2, -0.15) is 0 Å². The first-order valence-electron chi connectivity index (χ1n) is 10.1. The quantitative estimate of drug-likeness (QED) is 0.781. The zero-order valence-electron chi connectivity index (χ0n) is 16.4. The zero-order valence-corrected chi connectivity index (χ0v) is 16.4. The van der Waals surface area contributed by atoms with Crippen molar-refractivity contribution in [2.24, 2.45) is 0 Å². The van der Waals surface area contributed by atoms with Crippen LogP contribution in [0, 0.1) is 0 Å². The third-order valence-electron chi connectivity index (χ3n) is 5.22. The maximum Gasteiger partial charge on any atom is 0.272 e. The van der Waals surface area contributed by atoms with Gasteiger partial charge in [0.05, 0.1) is 0 Å². The molecule has 2 amide bonds. The fourth-order valence-corrected chi connectivity index (χ4v) is 3.51. The SMILES string of the molecule is CN(CCc1ccncc1)C(=O)c1cccc(C(=O)NC2CCCCCC2)n1. The van der Waals surface area contributed by atoms with Crippen LogP contribution < -0.4 is 5.32 Å². The molecule has 6 nitrogen and oxygen atoms in total. The highest BCUT2D eigenvalue weighted by atomic mass is 16.2. The maximum absolute atomic E-state index is 12.7. The summed E-state index contributed by atoms with van der Waals surface area (Å²) >= 11 is 0. The molecule has 0 bridgehead atoms. The van der Waals surface area contributed by atoms with E-state index in [0.29, 0.717) is 17.9 Å². The molecule has 2 heterocycles. The Balaban J connectivity index is 1.59. The minimum absolute atomic E-state index is 0.182. The van der Waals surface area contributed by atoms with Gasteiger partial charge in [0.15, 0.2) is 0 Å². The van der Waals surface area contributed by atoms with Crippen molar-refractivity contribution in [3.8, 4) is 0 Å². The molecule has 0 aromatic carbocycles. The van der Waals surface area contributed by atoms with E-state index in [9.17, 15) is 9.59 Å². The molecule has 1 N–H and O–H groups in total. The molecule has 2 aromatic rings. The first-order valence-corrected chi connectivity index (χ1v) is 10.1. The lowest BCUT2D eigenvalue weighted by atomic mass is 10.1. The number of nitrogens with zero attached hydrogens (tertiary/aromatic N) is 3. The topological polar surface area (TPSA) is 75.2 Å². The molecule has 148 valence electrons. The van der Waals surface area contributed by atoms with Crippen molar-refractivity contribution >= 4 is 11.8 Å². The molecule has 6 heteroatoms. The summed E-state index contributed by atoms with van der Waals surface area (Å²) in [6, 6.07) is 9.13. The molecule has 1 aliphatic rings. The largest absolute Gasteiger partial charge is 0.348 e. The van der Waals surface area contributed by atoms with Crippen molar-refractivity contribution in [2.75, 3.05) is 13.6 Å². The predicted molar refractivity (Wildman–Crippen MR) is 108 cm³/mol. The molecular weight excluding hydrogens is 352 g/mol. The fourth-order valence-electron chi connectivity index (χ4n) is 3.51. The van der Waals surface area contributed by atoms with Crippen molar-refractivity contribution < 1.29 is 9.59 Å². The second kappa shape index (κ2) is 9.97. The Morgan fingerprint density at radius 3 is 2.43 bits per heavy atom. The molecule has 0 atom stereocenters. The Morgan fingerprint density at radius 2 is 1.71 bits per heavy atom. The summed E-state index contributed by atoms with van der Waals surface area (Å²) in [5.41, 5.74) is 1.72. The van der Waals surface area contributed by atoms with Gasteiger partial charge in [-0.1, -0.05) is 31.7 Å². The lowest BCUT2D eigenvalue weighted by Crippen LogP contribution is -2.35. The van der Waals surface area contributed by atoms with Crippen molar-refractivity contribution in [1.82, 2.24) is 20.2 Å². The van der Waals surface area contributed by atoms with Crippen LogP contribution in [0.25, 0.3) is 0 Å². The number of rotatable bonds is 6. The Labute approximate surface area is 166 Å². The molecule has 0 saturated heterocycles. The molecule has 0 radical (unpaired) electrons. The van der Waals surface area contributed by atoms with Gasteiger partial charge in [0.25, 0.3) is 11.8 Å². The van der Waals surface area contributed by atoms with Crippen LogP contribution >= 0.6 is 0 Å². The van der Waals surface area contributed by atoms with E-state index in [0.717, 1.165) is 37.7 Å². The maximum atomic E-state index is 12.7. The van der Waals surface area contributed by atoms with Crippen LogP contribution in [0.5, 0.6) is 0 Å². The number of carbonyl (C=O) groups excluding carboxylic acids is 2. The summed E-state index contributed by atoms with van der Waals surface area (Å²) in [6.45, 7) is 0.572. The second-order valence-corrected chi connectivity index (χ2v) is 7.40. The normalized spacial score (nSPS) is 14.9. The number of pyridine rings is 2. The van der Waals surface area contributed by atoms with E-state index in [1.165, 1.54) is 12.8 Å². The summed E-state index contributed by atoms with van der Waals surface area (Å²) in [5.74, 6) is -0.376. The molecule has 1 saturated carbocycles. The molecular formula is C22H28N4O2. The van der Waals surface area contributed by atoms with Gasteiger partial charge in [0, 0.05) is 32.0 Å². The lowest BCUT2D eigenvalue weighted by molar-refractivity contribution is 0.0790. The Morgan fingerprint density at radius 1 is 1.04 bits per heavy atom. The minimum Gasteiger partial charge on any atom is -0.348 e. The molecule has 0 unspecified atom stereocenters. The van der Waals surface area contributed by atoms with Crippen LogP contribution in [-0.2, 0) is 6.42 Å². The van der Waals surface area contributed by atoms with E-state index >= 15 is 0 Å². The van der Waals surface area contributed by atoms with Crippen molar-refractivity contribution in [1.29, 1.82) is 0 Å². The standard InChI is InChI=1S/C22H28N4O2/c1-26(16-13-17-11-14-23-15-12-17)22(28)20-10-6-9-19(25-20)21(27)24-18-7-4-2-3-5-8-18/h6,9-12,14-15,18H,2-5,7-8,13,16H2,1H3,(H,24,27). The Bertz CT molecular complexity index is 786. The monoisotopic (exact) mass is 380 g/mol. The van der Waals surface area contributed by atoms with Crippen LogP contribution in [0.15, 0.2) is 42.7 Å². The highest BCUT2D eigenvalue weighted by Gasteiger charge is 2.19. The molecule has 1 fully saturated rings. The molecule has 0 aliphatic heterocycles. The average Bonchev–Trinajstić information content (AvgIpc) is 3.01. The average molecular weight is 380 g/mol. The van der Waals surface area contributed by atoms with Crippen LogP contribution in [0.1, 0.15) is 65.1 Å². The molecule has 2 aromatic heterocycles. The van der Waals surface area contributed by atoms with Gasteiger partial charge in [0.1, 0.15) is 11.4 Å². The van der Waals surface area contributed by atoms with Gasteiger partial charge < -0.3 is 10.2 Å². The summed E-state index contributed by atoms with van der Waals surface area (Å²) in [7, 11) is 1.75. The molecule has 1 aliphatic carbocycles. The first kappa shape index (κ1) is 20.0. The molecule has 0 spiro atoms. The van der Waals surface area contributed by atoms with E-state index in [4.69, 9.17) is 0 Å². The number of hydrogen-bond donors (Lipinski definition) is 1. The van der Waals surface area contributed by atoms with Crippen LogP contribution in [0.4, 0.5) is 0 Å². The fraction of sp³-hybridized carbons (Fsp3) is 0.455. The summed E-state index contributed by atoms with van der Waals surface area (Å²) in [5, 5.41) is 3.08. The van der Waals surface area contributed by atoms with Crippen molar-refractivity contribution in [3.63, 3.8) is 0 Å². The number of likely N-dealkylation sites (N-methyl/N-ethyl adjacent to an activating group) is 1.